The molecule has 0 spiro atoms. The van der Waals surface area contributed by atoms with Crippen LogP contribution in [0.2, 0.25) is 0 Å². The maximum absolute atomic E-state index is 12.1. The van der Waals surface area contributed by atoms with Crippen molar-refractivity contribution in [1.82, 2.24) is 10.3 Å². The van der Waals surface area contributed by atoms with Gasteiger partial charge >= 0.3 is 0 Å². The summed E-state index contributed by atoms with van der Waals surface area (Å²) in [7, 11) is 0. The third-order valence-corrected chi connectivity index (χ3v) is 4.28. The van der Waals surface area contributed by atoms with Gasteiger partial charge in [0.05, 0.1) is 17.3 Å². The van der Waals surface area contributed by atoms with Gasteiger partial charge in [-0.2, -0.15) is 5.26 Å². The second kappa shape index (κ2) is 5.49. The first-order valence-electron chi connectivity index (χ1n) is 6.31. The molecule has 0 unspecified atom stereocenters. The Morgan fingerprint density at radius 3 is 2.61 bits per heavy atom. The van der Waals surface area contributed by atoms with E-state index in [1.54, 1.807) is 6.20 Å². The molecule has 1 aromatic rings. The van der Waals surface area contributed by atoms with Gasteiger partial charge in [-0.25, -0.2) is 4.98 Å². The smallest absolute Gasteiger partial charge is 0.264 e. The lowest BCUT2D eigenvalue weighted by Gasteiger charge is -2.25. The summed E-state index contributed by atoms with van der Waals surface area (Å²) in [5, 5.41) is 13.2. The highest BCUT2D eigenvalue weighted by Crippen LogP contribution is 2.27. The third kappa shape index (κ3) is 2.88. The third-order valence-electron chi connectivity index (χ3n) is 3.37. The summed E-state index contributed by atoms with van der Waals surface area (Å²) in [4.78, 5) is 16.8. The molecular formula is C13H17N3OS. The highest BCUT2D eigenvalue weighted by Gasteiger charge is 2.33. The van der Waals surface area contributed by atoms with E-state index in [-0.39, 0.29) is 5.91 Å². The zero-order valence-corrected chi connectivity index (χ0v) is 11.3. The molecule has 0 bridgehead atoms. The van der Waals surface area contributed by atoms with E-state index in [1.165, 1.54) is 11.3 Å². The van der Waals surface area contributed by atoms with Crippen LogP contribution in [0, 0.1) is 18.3 Å². The van der Waals surface area contributed by atoms with E-state index < -0.39 is 5.54 Å². The largest absolute Gasteiger partial charge is 0.333 e. The van der Waals surface area contributed by atoms with Crippen LogP contribution in [0.3, 0.4) is 0 Å². The van der Waals surface area contributed by atoms with Crippen LogP contribution in [0.1, 0.15) is 53.2 Å². The minimum Gasteiger partial charge on any atom is -0.333 e. The average molecular weight is 263 g/mol. The minimum absolute atomic E-state index is 0.163. The lowest BCUT2D eigenvalue weighted by Crippen LogP contribution is -2.46. The molecule has 1 N–H and O–H groups in total. The summed E-state index contributed by atoms with van der Waals surface area (Å²) in [6, 6.07) is 2.32. The van der Waals surface area contributed by atoms with Crippen LogP contribution < -0.4 is 5.32 Å². The van der Waals surface area contributed by atoms with E-state index >= 15 is 0 Å². The van der Waals surface area contributed by atoms with E-state index in [9.17, 15) is 10.1 Å². The van der Waals surface area contributed by atoms with Crippen molar-refractivity contribution in [3.63, 3.8) is 0 Å². The number of carbonyl (C=O) groups is 1. The number of rotatable bonds is 2. The highest BCUT2D eigenvalue weighted by atomic mass is 32.1. The molecule has 0 atom stereocenters. The zero-order chi connectivity index (χ0) is 13.0. The molecular weight excluding hydrogens is 246 g/mol. The maximum Gasteiger partial charge on any atom is 0.264 e. The molecule has 0 aromatic carbocycles. The summed E-state index contributed by atoms with van der Waals surface area (Å²) < 4.78 is 0. The number of thiazole rings is 1. The van der Waals surface area contributed by atoms with Crippen molar-refractivity contribution in [2.45, 2.75) is 51.0 Å². The van der Waals surface area contributed by atoms with Crippen molar-refractivity contribution in [3.05, 3.63) is 16.1 Å². The van der Waals surface area contributed by atoms with Crippen molar-refractivity contribution < 1.29 is 4.79 Å². The van der Waals surface area contributed by atoms with Crippen LogP contribution in [0.25, 0.3) is 0 Å². The standard InChI is InChI=1S/C13H17N3OS/c1-10-15-8-11(18-10)12(17)16-13(9-14)6-4-2-3-5-7-13/h8H,2-7H2,1H3,(H,16,17). The summed E-state index contributed by atoms with van der Waals surface area (Å²) in [5.41, 5.74) is -0.675. The second-order valence-electron chi connectivity index (χ2n) is 4.81. The summed E-state index contributed by atoms with van der Waals surface area (Å²) in [6.07, 6.45) is 7.42. The number of nitrogens with zero attached hydrogens (tertiary/aromatic N) is 2. The topological polar surface area (TPSA) is 65.8 Å². The number of aryl methyl sites for hydroxylation is 1. The minimum atomic E-state index is -0.675. The summed E-state index contributed by atoms with van der Waals surface area (Å²) in [5.74, 6) is -0.163. The van der Waals surface area contributed by atoms with E-state index in [0.717, 1.165) is 43.5 Å². The molecule has 1 amide bonds. The van der Waals surface area contributed by atoms with Gasteiger partial charge in [0, 0.05) is 0 Å². The molecule has 1 heterocycles. The zero-order valence-electron chi connectivity index (χ0n) is 10.5. The van der Waals surface area contributed by atoms with E-state index in [1.807, 2.05) is 6.92 Å². The molecule has 96 valence electrons. The second-order valence-corrected chi connectivity index (χ2v) is 6.04. The molecule has 18 heavy (non-hydrogen) atoms. The normalized spacial score (nSPS) is 18.7. The lowest BCUT2D eigenvalue weighted by atomic mass is 9.92. The monoisotopic (exact) mass is 263 g/mol. The van der Waals surface area contributed by atoms with Gasteiger partial charge in [0.25, 0.3) is 5.91 Å². The Bertz CT molecular complexity index is 467. The van der Waals surface area contributed by atoms with Gasteiger partial charge in [0.15, 0.2) is 0 Å². The van der Waals surface area contributed by atoms with Crippen molar-refractivity contribution in [1.29, 1.82) is 5.26 Å². The molecule has 1 saturated carbocycles. The molecule has 0 saturated heterocycles. The molecule has 1 aliphatic rings. The van der Waals surface area contributed by atoms with Crippen molar-refractivity contribution in [3.8, 4) is 6.07 Å². The van der Waals surface area contributed by atoms with E-state index in [4.69, 9.17) is 0 Å². The Hall–Kier alpha value is -1.41. The van der Waals surface area contributed by atoms with Crippen molar-refractivity contribution in [2.24, 2.45) is 0 Å². The van der Waals surface area contributed by atoms with E-state index in [0.29, 0.717) is 4.88 Å². The first-order chi connectivity index (χ1) is 8.65. The molecule has 1 aromatic heterocycles. The fraction of sp³-hybridized carbons (Fsp3) is 0.615. The van der Waals surface area contributed by atoms with Crippen molar-refractivity contribution >= 4 is 17.2 Å². The van der Waals surface area contributed by atoms with Crippen molar-refractivity contribution in [2.75, 3.05) is 0 Å². The predicted octanol–water partition coefficient (Wildman–Crippen LogP) is 2.80. The maximum atomic E-state index is 12.1. The number of amides is 1. The van der Waals surface area contributed by atoms with Gasteiger partial charge in [0.2, 0.25) is 0 Å². The van der Waals surface area contributed by atoms with Crippen LogP contribution in [0.15, 0.2) is 6.20 Å². The van der Waals surface area contributed by atoms with Crippen LogP contribution in [-0.4, -0.2) is 16.4 Å². The number of nitrogens with one attached hydrogen (secondary N) is 1. The molecule has 2 rings (SSSR count). The van der Waals surface area contributed by atoms with E-state index in [2.05, 4.69) is 16.4 Å². The Kier molecular flexibility index (Phi) is 3.97. The highest BCUT2D eigenvalue weighted by molar-refractivity contribution is 7.13. The number of aromatic nitrogens is 1. The van der Waals surface area contributed by atoms with Gasteiger partial charge in [-0.05, 0) is 19.8 Å². The van der Waals surface area contributed by atoms with Crippen LogP contribution >= 0.6 is 11.3 Å². The Balaban J connectivity index is 2.10. The molecule has 1 fully saturated rings. The Morgan fingerprint density at radius 1 is 1.44 bits per heavy atom. The van der Waals surface area contributed by atoms with Gasteiger partial charge < -0.3 is 5.32 Å². The number of nitriles is 1. The average Bonchev–Trinajstić information content (AvgIpc) is 2.66. The number of carbonyl (C=O) groups excluding carboxylic acids is 1. The molecule has 0 aliphatic heterocycles. The number of hydrogen-bond acceptors (Lipinski definition) is 4. The number of hydrogen-bond donors (Lipinski definition) is 1. The summed E-state index contributed by atoms with van der Waals surface area (Å²) in [6.45, 7) is 1.87. The van der Waals surface area contributed by atoms with Crippen LogP contribution in [-0.2, 0) is 0 Å². The summed E-state index contributed by atoms with van der Waals surface area (Å²) >= 11 is 1.37. The molecule has 1 aliphatic carbocycles. The first kappa shape index (κ1) is 13.0. The van der Waals surface area contributed by atoms with Gasteiger partial charge in [0.1, 0.15) is 10.4 Å². The van der Waals surface area contributed by atoms with Gasteiger partial charge in [-0.3, -0.25) is 4.79 Å². The predicted molar refractivity (Wildman–Crippen MR) is 70.4 cm³/mol. The van der Waals surface area contributed by atoms with Crippen LogP contribution in [0.4, 0.5) is 0 Å². The first-order valence-corrected chi connectivity index (χ1v) is 7.13. The molecule has 5 heteroatoms. The fourth-order valence-electron chi connectivity index (χ4n) is 2.34. The molecule has 0 radical (unpaired) electrons. The SMILES string of the molecule is Cc1ncc(C(=O)NC2(C#N)CCCCCC2)s1. The van der Waals surface area contributed by atoms with Gasteiger partial charge in [-0.1, -0.05) is 25.7 Å². The Morgan fingerprint density at radius 2 is 2.11 bits per heavy atom. The van der Waals surface area contributed by atoms with Gasteiger partial charge in [-0.15, -0.1) is 11.3 Å². The quantitative estimate of drug-likeness (QED) is 0.834. The Labute approximate surface area is 111 Å². The lowest BCUT2D eigenvalue weighted by molar-refractivity contribution is 0.0917. The van der Waals surface area contributed by atoms with Crippen LogP contribution in [0.5, 0.6) is 0 Å². The fourth-order valence-corrected chi connectivity index (χ4v) is 3.01. The molecule has 4 nitrogen and oxygen atoms in total.